The van der Waals surface area contributed by atoms with E-state index in [2.05, 4.69) is 11.8 Å². The van der Waals surface area contributed by atoms with Gasteiger partial charge in [0.05, 0.1) is 0 Å². The zero-order valence-corrected chi connectivity index (χ0v) is 11.9. The largest absolute Gasteiger partial charge is 0.399 e. The van der Waals surface area contributed by atoms with Crippen LogP contribution >= 0.6 is 0 Å². The summed E-state index contributed by atoms with van der Waals surface area (Å²) in [5, 5.41) is 0. The molecule has 18 heavy (non-hydrogen) atoms. The molecule has 0 saturated heterocycles. The first-order chi connectivity index (χ1) is 8.45. The molecule has 0 saturated carbocycles. The Hall–Kier alpha value is -1.11. The Kier molecular flexibility index (Phi) is 5.58. The van der Waals surface area contributed by atoms with Gasteiger partial charge in [-0.25, -0.2) is 8.51 Å². The van der Waals surface area contributed by atoms with Crippen molar-refractivity contribution < 1.29 is 8.76 Å². The van der Waals surface area contributed by atoms with Gasteiger partial charge in [-0.2, -0.15) is 0 Å². The van der Waals surface area contributed by atoms with Crippen LogP contribution in [0.5, 0.6) is 0 Å². The van der Waals surface area contributed by atoms with Crippen LogP contribution in [0.1, 0.15) is 12.5 Å². The summed E-state index contributed by atoms with van der Waals surface area (Å²) >= 11 is -1.91. The molecule has 0 heterocycles. The van der Waals surface area contributed by atoms with Crippen molar-refractivity contribution in [3.8, 4) is 0 Å². The molecule has 3 N–H and O–H groups in total. The number of benzene rings is 1. The fraction of sp³-hybridized carbons (Fsp3) is 0.500. The SMILES string of the molecule is CCN(CCN(C)S(=O)O)c1ccc(N)c(C)c1. The number of nitrogen functional groups attached to an aromatic ring is 1. The molecule has 0 fully saturated rings. The standard InChI is InChI=1S/C12H21N3O2S/c1-4-15(8-7-14(3)18(16)17)11-5-6-12(13)10(2)9-11/h5-6,9H,4,7-8,13H2,1-3H3,(H,16,17). The van der Waals surface area contributed by atoms with E-state index in [0.717, 1.165) is 23.5 Å². The third-order valence-corrected chi connectivity index (χ3v) is 3.67. The lowest BCUT2D eigenvalue weighted by molar-refractivity contribution is 0.450. The molecule has 1 aromatic carbocycles. The van der Waals surface area contributed by atoms with Crippen molar-refractivity contribution in [3.05, 3.63) is 23.8 Å². The number of hydrogen-bond donors (Lipinski definition) is 2. The van der Waals surface area contributed by atoms with Crippen LogP contribution in [0, 0.1) is 6.92 Å². The molecule has 1 rings (SSSR count). The van der Waals surface area contributed by atoms with E-state index < -0.39 is 11.3 Å². The van der Waals surface area contributed by atoms with Crippen LogP contribution in [0.25, 0.3) is 0 Å². The highest BCUT2D eigenvalue weighted by atomic mass is 32.2. The number of nitrogens with two attached hydrogens (primary N) is 1. The first kappa shape index (κ1) is 14.9. The van der Waals surface area contributed by atoms with Crippen LogP contribution in [-0.4, -0.2) is 39.7 Å². The van der Waals surface area contributed by atoms with Gasteiger partial charge in [-0.05, 0) is 37.6 Å². The minimum atomic E-state index is -1.91. The van der Waals surface area contributed by atoms with Crippen molar-refractivity contribution in [2.75, 3.05) is 37.3 Å². The van der Waals surface area contributed by atoms with E-state index in [-0.39, 0.29) is 0 Å². The molecule has 0 aromatic heterocycles. The lowest BCUT2D eigenvalue weighted by Crippen LogP contribution is -2.34. The van der Waals surface area contributed by atoms with Gasteiger partial charge in [-0.15, -0.1) is 0 Å². The Bertz CT molecular complexity index is 426. The summed E-state index contributed by atoms with van der Waals surface area (Å²) in [6.45, 7) is 6.10. The molecule has 0 aliphatic rings. The van der Waals surface area contributed by atoms with E-state index in [4.69, 9.17) is 10.3 Å². The Morgan fingerprint density at radius 2 is 2.06 bits per heavy atom. The van der Waals surface area contributed by atoms with Crippen LogP contribution in [0.2, 0.25) is 0 Å². The zero-order chi connectivity index (χ0) is 13.7. The molecule has 1 unspecified atom stereocenters. The highest BCUT2D eigenvalue weighted by Crippen LogP contribution is 2.20. The summed E-state index contributed by atoms with van der Waals surface area (Å²) in [6, 6.07) is 5.90. The first-order valence-electron chi connectivity index (χ1n) is 5.89. The first-order valence-corrected chi connectivity index (χ1v) is 6.95. The van der Waals surface area contributed by atoms with E-state index in [1.54, 1.807) is 7.05 Å². The summed E-state index contributed by atoms with van der Waals surface area (Å²) in [5.74, 6) is 0. The summed E-state index contributed by atoms with van der Waals surface area (Å²) < 4.78 is 21.2. The minimum absolute atomic E-state index is 0.528. The van der Waals surface area contributed by atoms with Crippen LogP contribution in [-0.2, 0) is 11.3 Å². The van der Waals surface area contributed by atoms with E-state index >= 15 is 0 Å². The third-order valence-electron chi connectivity index (χ3n) is 2.95. The second-order valence-corrected chi connectivity index (χ2v) is 5.29. The monoisotopic (exact) mass is 271 g/mol. The predicted octanol–water partition coefficient (Wildman–Crippen LogP) is 1.47. The Morgan fingerprint density at radius 1 is 1.39 bits per heavy atom. The summed E-state index contributed by atoms with van der Waals surface area (Å²) in [5.41, 5.74) is 8.70. The minimum Gasteiger partial charge on any atom is -0.399 e. The van der Waals surface area contributed by atoms with Gasteiger partial charge in [0.2, 0.25) is 11.3 Å². The molecule has 1 atom stereocenters. The second kappa shape index (κ2) is 6.72. The Morgan fingerprint density at radius 3 is 2.56 bits per heavy atom. The lowest BCUT2D eigenvalue weighted by atomic mass is 10.1. The topological polar surface area (TPSA) is 69.8 Å². The van der Waals surface area contributed by atoms with Gasteiger partial charge < -0.3 is 10.6 Å². The molecule has 0 aliphatic heterocycles. The van der Waals surface area contributed by atoms with Gasteiger partial charge in [0, 0.05) is 38.1 Å². The molecule has 0 amide bonds. The van der Waals surface area contributed by atoms with Crippen molar-refractivity contribution >= 4 is 22.6 Å². The van der Waals surface area contributed by atoms with Crippen LogP contribution in [0.4, 0.5) is 11.4 Å². The van der Waals surface area contributed by atoms with Gasteiger partial charge in [0.25, 0.3) is 0 Å². The summed E-state index contributed by atoms with van der Waals surface area (Å²) in [7, 11) is 1.62. The number of nitrogens with zero attached hydrogens (tertiary/aromatic N) is 2. The van der Waals surface area contributed by atoms with Crippen molar-refractivity contribution in [1.82, 2.24) is 4.31 Å². The third kappa shape index (κ3) is 3.97. The number of rotatable bonds is 6. The van der Waals surface area contributed by atoms with Crippen molar-refractivity contribution in [3.63, 3.8) is 0 Å². The number of hydrogen-bond acceptors (Lipinski definition) is 3. The molecule has 102 valence electrons. The van der Waals surface area contributed by atoms with E-state index in [9.17, 15) is 4.21 Å². The Labute approximate surface area is 111 Å². The average molecular weight is 271 g/mol. The smallest absolute Gasteiger partial charge is 0.234 e. The number of likely N-dealkylation sites (N-methyl/N-ethyl adjacent to an activating group) is 2. The lowest BCUT2D eigenvalue weighted by Gasteiger charge is -2.25. The fourth-order valence-corrected chi connectivity index (χ4v) is 1.90. The van der Waals surface area contributed by atoms with E-state index in [1.165, 1.54) is 4.31 Å². The highest BCUT2D eigenvalue weighted by molar-refractivity contribution is 7.76. The molecular weight excluding hydrogens is 250 g/mol. The molecule has 0 bridgehead atoms. The quantitative estimate of drug-likeness (QED) is 0.607. The van der Waals surface area contributed by atoms with Gasteiger partial charge in [-0.3, -0.25) is 4.55 Å². The van der Waals surface area contributed by atoms with Crippen molar-refractivity contribution in [2.24, 2.45) is 0 Å². The normalized spacial score (nSPS) is 12.7. The molecule has 6 heteroatoms. The van der Waals surface area contributed by atoms with Gasteiger partial charge in [0.1, 0.15) is 0 Å². The highest BCUT2D eigenvalue weighted by Gasteiger charge is 2.09. The van der Waals surface area contributed by atoms with Gasteiger partial charge in [0.15, 0.2) is 0 Å². The molecule has 0 aliphatic carbocycles. The maximum absolute atomic E-state index is 10.8. The molecule has 1 aromatic rings. The number of anilines is 2. The Balaban J connectivity index is 2.71. The predicted molar refractivity (Wildman–Crippen MR) is 76.9 cm³/mol. The van der Waals surface area contributed by atoms with Crippen LogP contribution < -0.4 is 10.6 Å². The van der Waals surface area contributed by atoms with E-state index in [1.807, 2.05) is 25.1 Å². The average Bonchev–Trinajstić information content (AvgIpc) is 2.33. The molecule has 0 spiro atoms. The van der Waals surface area contributed by atoms with Crippen molar-refractivity contribution in [2.45, 2.75) is 13.8 Å². The zero-order valence-electron chi connectivity index (χ0n) is 11.1. The fourth-order valence-electron chi connectivity index (χ4n) is 1.67. The molecular formula is C12H21N3O2S. The second-order valence-electron chi connectivity index (χ2n) is 4.20. The van der Waals surface area contributed by atoms with Gasteiger partial charge >= 0.3 is 0 Å². The summed E-state index contributed by atoms with van der Waals surface area (Å²) in [6.07, 6.45) is 0. The van der Waals surface area contributed by atoms with Gasteiger partial charge in [-0.1, -0.05) is 0 Å². The van der Waals surface area contributed by atoms with Crippen molar-refractivity contribution in [1.29, 1.82) is 0 Å². The molecule has 5 nitrogen and oxygen atoms in total. The van der Waals surface area contributed by atoms with E-state index in [0.29, 0.717) is 13.1 Å². The number of aryl methyl sites for hydroxylation is 1. The summed E-state index contributed by atoms with van der Waals surface area (Å²) in [4.78, 5) is 2.15. The van der Waals surface area contributed by atoms with Crippen LogP contribution in [0.15, 0.2) is 18.2 Å². The van der Waals surface area contributed by atoms with Crippen LogP contribution in [0.3, 0.4) is 0 Å². The maximum atomic E-state index is 10.8. The maximum Gasteiger partial charge on any atom is 0.234 e. The molecule has 0 radical (unpaired) electrons.